The topological polar surface area (TPSA) is 56.3 Å². The predicted octanol–water partition coefficient (Wildman–Crippen LogP) is 4.35. The van der Waals surface area contributed by atoms with Gasteiger partial charge in [-0.25, -0.2) is 0 Å². The molecule has 1 heterocycles. The molecule has 0 atom stereocenters. The Bertz CT molecular complexity index is 599. The lowest BCUT2D eigenvalue weighted by molar-refractivity contribution is -0.422. The van der Waals surface area contributed by atoms with Crippen LogP contribution in [0.4, 0.5) is 0 Å². The van der Waals surface area contributed by atoms with Crippen molar-refractivity contribution in [2.45, 2.75) is 6.92 Å². The quantitative estimate of drug-likeness (QED) is 0.626. The number of furan rings is 1. The van der Waals surface area contributed by atoms with E-state index in [1.54, 1.807) is 12.1 Å². The predicted molar refractivity (Wildman–Crippen MR) is 72.5 cm³/mol. The summed E-state index contributed by atoms with van der Waals surface area (Å²) in [6.45, 7) is 1.43. The molecule has 0 saturated heterocycles. The lowest BCUT2D eigenvalue weighted by Crippen LogP contribution is -1.92. The Hall–Kier alpha value is -1.88. The van der Waals surface area contributed by atoms with E-state index in [0.29, 0.717) is 11.5 Å². The zero-order chi connectivity index (χ0) is 13.1. The lowest BCUT2D eigenvalue weighted by Gasteiger charge is -1.96. The molecule has 0 unspecified atom stereocenters. The molecule has 0 aliphatic heterocycles. The Morgan fingerprint density at radius 2 is 1.94 bits per heavy atom. The van der Waals surface area contributed by atoms with Crippen LogP contribution in [0.15, 0.2) is 51.0 Å². The summed E-state index contributed by atoms with van der Waals surface area (Å²) in [5, 5.41) is 10.5. The Morgan fingerprint density at radius 3 is 2.56 bits per heavy atom. The minimum atomic E-state index is -0.443. The molecule has 0 N–H and O–H groups in total. The largest absolute Gasteiger partial charge is 0.456 e. The molecule has 0 amide bonds. The smallest absolute Gasteiger partial charge is 0.246 e. The van der Waals surface area contributed by atoms with Crippen LogP contribution in [0.25, 0.3) is 17.4 Å². The van der Waals surface area contributed by atoms with Gasteiger partial charge >= 0.3 is 0 Å². The molecule has 92 valence electrons. The van der Waals surface area contributed by atoms with Crippen molar-refractivity contribution < 1.29 is 9.34 Å². The zero-order valence-corrected chi connectivity index (χ0v) is 11.2. The summed E-state index contributed by atoms with van der Waals surface area (Å²) >= 11 is 3.36. The molecule has 0 aliphatic rings. The number of nitro groups is 1. The van der Waals surface area contributed by atoms with Gasteiger partial charge in [0.15, 0.2) is 0 Å². The number of nitrogens with zero attached hydrogens (tertiary/aromatic N) is 1. The number of rotatable bonds is 3. The molecule has 2 rings (SSSR count). The van der Waals surface area contributed by atoms with Crippen LogP contribution in [-0.4, -0.2) is 4.92 Å². The third-order valence-corrected chi connectivity index (χ3v) is 2.92. The van der Waals surface area contributed by atoms with E-state index in [1.807, 2.05) is 24.3 Å². The van der Waals surface area contributed by atoms with Gasteiger partial charge in [0.2, 0.25) is 5.70 Å². The van der Waals surface area contributed by atoms with Gasteiger partial charge in [0.25, 0.3) is 0 Å². The fourth-order valence-electron chi connectivity index (χ4n) is 1.46. The van der Waals surface area contributed by atoms with Crippen molar-refractivity contribution in [3.8, 4) is 11.3 Å². The Morgan fingerprint density at radius 1 is 1.28 bits per heavy atom. The molecule has 2 aromatic rings. The number of benzene rings is 1. The van der Waals surface area contributed by atoms with Crippen LogP contribution >= 0.6 is 15.9 Å². The van der Waals surface area contributed by atoms with Gasteiger partial charge in [0, 0.05) is 17.0 Å². The first-order valence-electron chi connectivity index (χ1n) is 5.25. The maximum absolute atomic E-state index is 10.5. The minimum Gasteiger partial charge on any atom is -0.456 e. The van der Waals surface area contributed by atoms with Gasteiger partial charge in [-0.05, 0) is 24.3 Å². The molecule has 0 spiro atoms. The van der Waals surface area contributed by atoms with Crippen molar-refractivity contribution in [3.05, 3.63) is 62.4 Å². The van der Waals surface area contributed by atoms with Crippen molar-refractivity contribution in [1.82, 2.24) is 0 Å². The van der Waals surface area contributed by atoms with Gasteiger partial charge in [0.05, 0.1) is 11.0 Å². The highest BCUT2D eigenvalue weighted by Crippen LogP contribution is 2.24. The van der Waals surface area contributed by atoms with Gasteiger partial charge < -0.3 is 4.42 Å². The standard InChI is InChI=1S/C13H10BrNO3/c1-9(15(16)17)8-12-6-7-13(18-12)10-2-4-11(14)5-3-10/h2-8H,1H3/b9-8+. The van der Waals surface area contributed by atoms with Crippen LogP contribution in [0.5, 0.6) is 0 Å². The van der Waals surface area contributed by atoms with Crippen LogP contribution in [0.1, 0.15) is 12.7 Å². The Labute approximate surface area is 112 Å². The summed E-state index contributed by atoms with van der Waals surface area (Å²) in [7, 11) is 0. The highest BCUT2D eigenvalue weighted by molar-refractivity contribution is 9.10. The summed E-state index contributed by atoms with van der Waals surface area (Å²) in [6.07, 6.45) is 1.41. The molecule has 0 radical (unpaired) electrons. The Balaban J connectivity index is 2.28. The first-order chi connectivity index (χ1) is 8.56. The molecule has 5 heteroatoms. The number of hydrogen-bond donors (Lipinski definition) is 0. The molecule has 4 nitrogen and oxygen atoms in total. The van der Waals surface area contributed by atoms with E-state index in [-0.39, 0.29) is 5.70 Å². The van der Waals surface area contributed by atoms with E-state index in [2.05, 4.69) is 15.9 Å². The van der Waals surface area contributed by atoms with Gasteiger partial charge in [-0.3, -0.25) is 10.1 Å². The molecular formula is C13H10BrNO3. The van der Waals surface area contributed by atoms with E-state index in [4.69, 9.17) is 4.42 Å². The molecule has 0 bridgehead atoms. The molecular weight excluding hydrogens is 298 g/mol. The second-order valence-corrected chi connectivity index (χ2v) is 4.67. The van der Waals surface area contributed by atoms with Crippen molar-refractivity contribution in [2.24, 2.45) is 0 Å². The summed E-state index contributed by atoms with van der Waals surface area (Å²) in [5.41, 5.74) is 0.975. The van der Waals surface area contributed by atoms with E-state index >= 15 is 0 Å². The van der Waals surface area contributed by atoms with Crippen LogP contribution in [-0.2, 0) is 0 Å². The van der Waals surface area contributed by atoms with Crippen molar-refractivity contribution in [2.75, 3.05) is 0 Å². The van der Waals surface area contributed by atoms with Gasteiger partial charge in [0.1, 0.15) is 11.5 Å². The van der Waals surface area contributed by atoms with Crippen LogP contribution in [0.2, 0.25) is 0 Å². The number of halogens is 1. The van der Waals surface area contributed by atoms with Gasteiger partial charge in [-0.1, -0.05) is 28.1 Å². The molecule has 0 saturated carbocycles. The second kappa shape index (κ2) is 5.18. The lowest BCUT2D eigenvalue weighted by atomic mass is 10.2. The summed E-state index contributed by atoms with van der Waals surface area (Å²) in [6, 6.07) is 11.2. The van der Waals surface area contributed by atoms with Crippen LogP contribution in [0.3, 0.4) is 0 Å². The molecule has 0 aliphatic carbocycles. The van der Waals surface area contributed by atoms with Crippen molar-refractivity contribution in [3.63, 3.8) is 0 Å². The average molecular weight is 308 g/mol. The highest BCUT2D eigenvalue weighted by atomic mass is 79.9. The highest BCUT2D eigenvalue weighted by Gasteiger charge is 2.07. The second-order valence-electron chi connectivity index (χ2n) is 3.75. The summed E-state index contributed by atoms with van der Waals surface area (Å²) in [5.74, 6) is 1.16. The first kappa shape index (κ1) is 12.6. The fraction of sp³-hybridized carbons (Fsp3) is 0.0769. The van der Waals surface area contributed by atoms with Crippen LogP contribution in [0, 0.1) is 10.1 Å². The van der Waals surface area contributed by atoms with Gasteiger partial charge in [-0.2, -0.15) is 0 Å². The normalized spacial score (nSPS) is 11.6. The van der Waals surface area contributed by atoms with Gasteiger partial charge in [-0.15, -0.1) is 0 Å². The zero-order valence-electron chi connectivity index (χ0n) is 9.59. The fourth-order valence-corrected chi connectivity index (χ4v) is 1.72. The molecule has 1 aromatic carbocycles. The molecule has 0 fully saturated rings. The monoisotopic (exact) mass is 307 g/mol. The number of hydrogen-bond acceptors (Lipinski definition) is 3. The van der Waals surface area contributed by atoms with E-state index in [0.717, 1.165) is 10.0 Å². The summed E-state index contributed by atoms with van der Waals surface area (Å²) < 4.78 is 6.52. The maximum Gasteiger partial charge on any atom is 0.246 e. The third kappa shape index (κ3) is 2.87. The van der Waals surface area contributed by atoms with Crippen molar-refractivity contribution in [1.29, 1.82) is 0 Å². The average Bonchev–Trinajstić information content (AvgIpc) is 2.78. The van der Waals surface area contributed by atoms with E-state index in [1.165, 1.54) is 13.0 Å². The van der Waals surface area contributed by atoms with E-state index in [9.17, 15) is 10.1 Å². The summed E-state index contributed by atoms with van der Waals surface area (Å²) in [4.78, 5) is 10.1. The maximum atomic E-state index is 10.5. The minimum absolute atomic E-state index is 0.0479. The number of allylic oxidation sites excluding steroid dienone is 1. The molecule has 18 heavy (non-hydrogen) atoms. The van der Waals surface area contributed by atoms with Crippen LogP contribution < -0.4 is 0 Å². The third-order valence-electron chi connectivity index (χ3n) is 2.39. The Kier molecular flexibility index (Phi) is 3.62. The van der Waals surface area contributed by atoms with Crippen molar-refractivity contribution >= 4 is 22.0 Å². The first-order valence-corrected chi connectivity index (χ1v) is 6.04. The van der Waals surface area contributed by atoms with E-state index < -0.39 is 4.92 Å². The SMILES string of the molecule is C/C(=C\c1ccc(-c2ccc(Br)cc2)o1)[N+](=O)[O-]. The molecule has 1 aromatic heterocycles.